The first kappa shape index (κ1) is 16.0. The van der Waals surface area contributed by atoms with E-state index in [-0.39, 0.29) is 18.1 Å². The molecule has 9 nitrogen and oxygen atoms in total. The molecule has 0 aromatic rings. The number of imide groups is 1. The van der Waals surface area contributed by atoms with E-state index in [1.807, 2.05) is 11.6 Å². The summed E-state index contributed by atoms with van der Waals surface area (Å²) >= 11 is 0. The molecule has 0 aromatic heterocycles. The lowest BCUT2D eigenvalue weighted by Gasteiger charge is -2.35. The summed E-state index contributed by atoms with van der Waals surface area (Å²) in [4.78, 5) is 29.5. The topological polar surface area (TPSA) is 80.2 Å². The number of nitrogens with zero attached hydrogens (tertiary/aromatic N) is 4. The van der Waals surface area contributed by atoms with E-state index in [1.54, 1.807) is 11.9 Å². The van der Waals surface area contributed by atoms with Crippen LogP contribution < -0.4 is 10.6 Å². The SMILES string of the molecule is CN1C(=O)[C@@H]2[C@@H](NC(NCCN3CCOCC3)=[N+]2C)N(C)C1=O. The zero-order valence-electron chi connectivity index (χ0n) is 13.9. The second-order valence-electron chi connectivity index (χ2n) is 6.17. The van der Waals surface area contributed by atoms with E-state index in [1.165, 1.54) is 11.9 Å². The normalized spacial score (nSPS) is 29.0. The Bertz CT molecular complexity index is 531. The van der Waals surface area contributed by atoms with Crippen molar-refractivity contribution in [3.63, 3.8) is 0 Å². The number of hydrogen-bond donors (Lipinski definition) is 2. The van der Waals surface area contributed by atoms with E-state index >= 15 is 0 Å². The molecule has 9 heteroatoms. The summed E-state index contributed by atoms with van der Waals surface area (Å²) in [5.41, 5.74) is 0. The first-order chi connectivity index (χ1) is 11.0. The summed E-state index contributed by atoms with van der Waals surface area (Å²) in [5.74, 6) is 0.606. The van der Waals surface area contributed by atoms with Crippen molar-refractivity contribution in [3.8, 4) is 0 Å². The third kappa shape index (κ3) is 2.86. The third-order valence-corrected chi connectivity index (χ3v) is 4.77. The number of hydrogen-bond acceptors (Lipinski definition) is 6. The fraction of sp³-hybridized carbons (Fsp3) is 0.786. The molecule has 3 amide bonds. The minimum absolute atomic E-state index is 0.182. The molecule has 3 aliphatic heterocycles. The maximum absolute atomic E-state index is 12.4. The van der Waals surface area contributed by atoms with Gasteiger partial charge in [-0.3, -0.25) is 34.7 Å². The molecule has 0 aliphatic carbocycles. The number of likely N-dealkylation sites (N-methyl/N-ethyl adjacent to an activating group) is 3. The summed E-state index contributed by atoms with van der Waals surface area (Å²) in [6.45, 7) is 5.16. The number of urea groups is 1. The average molecular weight is 325 g/mol. The van der Waals surface area contributed by atoms with E-state index in [0.29, 0.717) is 0 Å². The minimum atomic E-state index is -0.395. The van der Waals surface area contributed by atoms with Crippen molar-refractivity contribution in [2.24, 2.45) is 0 Å². The Balaban J connectivity index is 1.61. The number of guanidine groups is 1. The summed E-state index contributed by atoms with van der Waals surface area (Å²) in [6, 6.07) is -0.680. The number of carbonyl (C=O) groups is 2. The fourth-order valence-electron chi connectivity index (χ4n) is 3.26. The van der Waals surface area contributed by atoms with E-state index in [9.17, 15) is 9.59 Å². The lowest BCUT2D eigenvalue weighted by Crippen LogP contribution is -2.65. The van der Waals surface area contributed by atoms with Gasteiger partial charge in [-0.25, -0.2) is 4.79 Å². The number of ether oxygens (including phenoxy) is 1. The lowest BCUT2D eigenvalue weighted by molar-refractivity contribution is -0.523. The maximum atomic E-state index is 12.4. The van der Waals surface area contributed by atoms with Gasteiger partial charge in [-0.15, -0.1) is 0 Å². The maximum Gasteiger partial charge on any atom is 0.348 e. The Hall–Kier alpha value is -1.87. The number of carbonyl (C=O) groups excluding carboxylic acids is 2. The van der Waals surface area contributed by atoms with Gasteiger partial charge in [-0.1, -0.05) is 0 Å². The Labute approximate surface area is 135 Å². The number of morpholine rings is 1. The number of rotatable bonds is 3. The number of fused-ring (bicyclic) bond motifs is 1. The molecule has 0 aromatic carbocycles. The second kappa shape index (κ2) is 6.32. The van der Waals surface area contributed by atoms with Gasteiger partial charge in [0.05, 0.1) is 26.8 Å². The standard InChI is InChI=1S/C14H24N6O3/c1-17-10-11(18(2)14(22)19(3)12(10)21)16-13(17)15-4-5-20-6-8-23-9-7-20/h10-11H,4-9H2,1-3H3,(H,15,16)/p+1/t10-,11-/m0/s1. The minimum Gasteiger partial charge on any atom is -0.379 e. The smallest absolute Gasteiger partial charge is 0.348 e. The lowest BCUT2D eigenvalue weighted by atomic mass is 10.1. The largest absolute Gasteiger partial charge is 0.379 e. The van der Waals surface area contributed by atoms with Crippen molar-refractivity contribution in [1.29, 1.82) is 0 Å². The van der Waals surface area contributed by atoms with Crippen molar-refractivity contribution in [3.05, 3.63) is 0 Å². The van der Waals surface area contributed by atoms with Gasteiger partial charge >= 0.3 is 12.0 Å². The van der Waals surface area contributed by atoms with Crippen LogP contribution in [0.2, 0.25) is 0 Å². The molecule has 2 saturated heterocycles. The van der Waals surface area contributed by atoms with Crippen molar-refractivity contribution in [1.82, 2.24) is 25.3 Å². The first-order valence-corrected chi connectivity index (χ1v) is 7.95. The van der Waals surface area contributed by atoms with Gasteiger partial charge in [-0.2, -0.15) is 0 Å². The molecule has 2 N–H and O–H groups in total. The van der Waals surface area contributed by atoms with Crippen LogP contribution in [-0.4, -0.2) is 110 Å². The Morgan fingerprint density at radius 1 is 1.30 bits per heavy atom. The molecule has 0 spiro atoms. The molecule has 3 rings (SSSR count). The molecule has 0 radical (unpaired) electrons. The monoisotopic (exact) mass is 325 g/mol. The van der Waals surface area contributed by atoms with Crippen LogP contribution in [-0.2, 0) is 9.53 Å². The van der Waals surface area contributed by atoms with Crippen LogP contribution in [0.4, 0.5) is 4.79 Å². The highest BCUT2D eigenvalue weighted by atomic mass is 16.5. The van der Waals surface area contributed by atoms with Crippen LogP contribution in [0.5, 0.6) is 0 Å². The van der Waals surface area contributed by atoms with Gasteiger partial charge in [0.15, 0.2) is 6.17 Å². The summed E-state index contributed by atoms with van der Waals surface area (Å²) < 4.78 is 7.22. The van der Waals surface area contributed by atoms with Gasteiger partial charge < -0.3 is 4.74 Å². The molecule has 128 valence electrons. The molecule has 23 heavy (non-hydrogen) atoms. The fourth-order valence-corrected chi connectivity index (χ4v) is 3.26. The molecule has 0 unspecified atom stereocenters. The molecule has 2 fully saturated rings. The van der Waals surface area contributed by atoms with Crippen LogP contribution in [0.15, 0.2) is 0 Å². The zero-order valence-corrected chi connectivity index (χ0v) is 13.9. The van der Waals surface area contributed by atoms with Crippen LogP contribution in [0.3, 0.4) is 0 Å². The molecular weight excluding hydrogens is 300 g/mol. The van der Waals surface area contributed by atoms with E-state index in [2.05, 4.69) is 15.5 Å². The van der Waals surface area contributed by atoms with Crippen LogP contribution in [0, 0.1) is 0 Å². The van der Waals surface area contributed by atoms with E-state index in [4.69, 9.17) is 4.74 Å². The molecular formula is C14H25N6O3+. The molecule has 3 heterocycles. The van der Waals surface area contributed by atoms with Crippen LogP contribution in [0.25, 0.3) is 0 Å². The number of nitrogens with one attached hydrogen (secondary N) is 2. The highest BCUT2D eigenvalue weighted by Gasteiger charge is 2.52. The van der Waals surface area contributed by atoms with Gasteiger partial charge in [-0.05, 0) is 0 Å². The Morgan fingerprint density at radius 3 is 2.70 bits per heavy atom. The van der Waals surface area contributed by atoms with E-state index < -0.39 is 6.04 Å². The van der Waals surface area contributed by atoms with Crippen molar-refractivity contribution in [2.45, 2.75) is 12.2 Å². The van der Waals surface area contributed by atoms with Crippen LogP contribution in [0.1, 0.15) is 0 Å². The van der Waals surface area contributed by atoms with Gasteiger partial charge in [0, 0.05) is 33.7 Å². The Kier molecular flexibility index (Phi) is 4.40. The summed E-state index contributed by atoms with van der Waals surface area (Å²) in [5, 5.41) is 6.60. The number of amides is 3. The average Bonchev–Trinajstić information content (AvgIpc) is 2.89. The molecule has 0 saturated carbocycles. The van der Waals surface area contributed by atoms with Crippen molar-refractivity contribution >= 4 is 17.9 Å². The molecule has 0 bridgehead atoms. The quantitative estimate of drug-likeness (QED) is 0.570. The highest BCUT2D eigenvalue weighted by molar-refractivity contribution is 6.01. The van der Waals surface area contributed by atoms with Crippen molar-refractivity contribution in [2.75, 3.05) is 60.5 Å². The van der Waals surface area contributed by atoms with Gasteiger partial charge in [0.2, 0.25) is 6.04 Å². The second-order valence-corrected chi connectivity index (χ2v) is 6.17. The zero-order chi connectivity index (χ0) is 16.6. The van der Waals surface area contributed by atoms with Crippen molar-refractivity contribution < 1.29 is 18.9 Å². The molecule has 3 aliphatic rings. The summed E-state index contributed by atoms with van der Waals surface area (Å²) in [7, 11) is 5.10. The Morgan fingerprint density at radius 2 is 2.00 bits per heavy atom. The third-order valence-electron chi connectivity index (χ3n) is 4.77. The predicted octanol–water partition coefficient (Wildman–Crippen LogP) is -2.27. The van der Waals surface area contributed by atoms with Gasteiger partial charge in [0.1, 0.15) is 0 Å². The molecule has 2 atom stereocenters. The predicted molar refractivity (Wildman–Crippen MR) is 83.1 cm³/mol. The highest BCUT2D eigenvalue weighted by Crippen LogP contribution is 2.18. The van der Waals surface area contributed by atoms with E-state index in [0.717, 1.165) is 45.4 Å². The van der Waals surface area contributed by atoms with Crippen LogP contribution >= 0.6 is 0 Å². The summed E-state index contributed by atoms with van der Waals surface area (Å²) in [6.07, 6.45) is -0.331. The van der Waals surface area contributed by atoms with Gasteiger partial charge in [0.25, 0.3) is 5.91 Å². The first-order valence-electron chi connectivity index (χ1n) is 7.95.